The van der Waals surface area contributed by atoms with Gasteiger partial charge in [-0.25, -0.2) is 0 Å². The van der Waals surface area contributed by atoms with Crippen LogP contribution >= 0.6 is 0 Å². The Bertz CT molecular complexity index is 693. The SMILES string of the molecule is N#CCC(=O)Nc1cccc(N2Cc3ccccc3C2)c1. The molecule has 21 heavy (non-hydrogen) atoms. The van der Waals surface area contributed by atoms with Gasteiger partial charge in [0.1, 0.15) is 6.42 Å². The van der Waals surface area contributed by atoms with E-state index >= 15 is 0 Å². The van der Waals surface area contributed by atoms with Crippen LogP contribution in [-0.2, 0) is 17.9 Å². The van der Waals surface area contributed by atoms with Crippen LogP contribution in [0.4, 0.5) is 11.4 Å². The van der Waals surface area contributed by atoms with Gasteiger partial charge >= 0.3 is 0 Å². The number of nitrogens with one attached hydrogen (secondary N) is 1. The molecule has 0 aliphatic carbocycles. The molecule has 0 bridgehead atoms. The van der Waals surface area contributed by atoms with Crippen molar-refractivity contribution < 1.29 is 4.79 Å². The van der Waals surface area contributed by atoms with Gasteiger partial charge in [0.25, 0.3) is 0 Å². The van der Waals surface area contributed by atoms with Crippen molar-refractivity contribution in [3.8, 4) is 6.07 Å². The monoisotopic (exact) mass is 277 g/mol. The number of amides is 1. The molecule has 0 atom stereocenters. The molecule has 1 amide bonds. The molecule has 0 unspecified atom stereocenters. The largest absolute Gasteiger partial charge is 0.363 e. The average Bonchev–Trinajstić information content (AvgIpc) is 2.91. The summed E-state index contributed by atoms with van der Waals surface area (Å²) in [6.45, 7) is 1.76. The summed E-state index contributed by atoms with van der Waals surface area (Å²) in [5, 5.41) is 11.3. The number of hydrogen-bond donors (Lipinski definition) is 1. The number of rotatable bonds is 3. The molecule has 1 aliphatic rings. The maximum absolute atomic E-state index is 11.5. The summed E-state index contributed by atoms with van der Waals surface area (Å²) in [6, 6.07) is 18.0. The minimum atomic E-state index is -0.278. The minimum Gasteiger partial charge on any atom is -0.363 e. The Morgan fingerprint density at radius 2 is 1.86 bits per heavy atom. The van der Waals surface area contributed by atoms with Crippen LogP contribution in [0, 0.1) is 11.3 Å². The van der Waals surface area contributed by atoms with E-state index in [1.807, 2.05) is 30.3 Å². The fraction of sp³-hybridized carbons (Fsp3) is 0.176. The smallest absolute Gasteiger partial charge is 0.238 e. The van der Waals surface area contributed by atoms with Crippen LogP contribution in [0.25, 0.3) is 0 Å². The van der Waals surface area contributed by atoms with Crippen LogP contribution in [0.15, 0.2) is 48.5 Å². The van der Waals surface area contributed by atoms with Crippen molar-refractivity contribution in [1.82, 2.24) is 0 Å². The summed E-state index contributed by atoms with van der Waals surface area (Å²) in [6.07, 6.45) is -0.126. The molecule has 0 aromatic heterocycles. The Kier molecular flexibility index (Phi) is 3.57. The first-order valence-electron chi connectivity index (χ1n) is 6.85. The second-order valence-electron chi connectivity index (χ2n) is 5.06. The first-order chi connectivity index (χ1) is 10.3. The van der Waals surface area contributed by atoms with Crippen LogP contribution in [0.3, 0.4) is 0 Å². The topological polar surface area (TPSA) is 56.1 Å². The van der Waals surface area contributed by atoms with Crippen molar-refractivity contribution in [2.24, 2.45) is 0 Å². The highest BCUT2D eigenvalue weighted by molar-refractivity contribution is 5.92. The van der Waals surface area contributed by atoms with Crippen molar-refractivity contribution >= 4 is 17.3 Å². The third-order valence-corrected chi connectivity index (χ3v) is 3.58. The van der Waals surface area contributed by atoms with Gasteiger partial charge in [-0.2, -0.15) is 5.26 Å². The van der Waals surface area contributed by atoms with Gasteiger partial charge in [-0.1, -0.05) is 30.3 Å². The molecule has 1 heterocycles. The van der Waals surface area contributed by atoms with E-state index in [0.29, 0.717) is 0 Å². The lowest BCUT2D eigenvalue weighted by Crippen LogP contribution is -2.15. The molecule has 104 valence electrons. The summed E-state index contributed by atoms with van der Waals surface area (Å²) in [7, 11) is 0. The van der Waals surface area contributed by atoms with Gasteiger partial charge in [-0.3, -0.25) is 4.79 Å². The molecular formula is C17H15N3O. The maximum atomic E-state index is 11.5. The van der Waals surface area contributed by atoms with E-state index in [-0.39, 0.29) is 12.3 Å². The highest BCUT2D eigenvalue weighted by Gasteiger charge is 2.18. The fourth-order valence-corrected chi connectivity index (χ4v) is 2.57. The third-order valence-electron chi connectivity index (χ3n) is 3.58. The highest BCUT2D eigenvalue weighted by Crippen LogP contribution is 2.29. The summed E-state index contributed by atoms with van der Waals surface area (Å²) in [4.78, 5) is 13.7. The molecule has 3 rings (SSSR count). The first-order valence-corrected chi connectivity index (χ1v) is 6.85. The van der Waals surface area contributed by atoms with Crippen molar-refractivity contribution in [2.45, 2.75) is 19.5 Å². The Labute approximate surface area is 123 Å². The van der Waals surface area contributed by atoms with Crippen LogP contribution in [0.1, 0.15) is 17.5 Å². The predicted molar refractivity (Wildman–Crippen MR) is 81.6 cm³/mol. The minimum absolute atomic E-state index is 0.126. The van der Waals surface area contributed by atoms with Gasteiger partial charge < -0.3 is 10.2 Å². The molecule has 0 saturated carbocycles. The second-order valence-corrected chi connectivity index (χ2v) is 5.06. The number of hydrogen-bond acceptors (Lipinski definition) is 3. The molecule has 0 radical (unpaired) electrons. The lowest BCUT2D eigenvalue weighted by atomic mass is 10.1. The van der Waals surface area contributed by atoms with E-state index < -0.39 is 0 Å². The number of fused-ring (bicyclic) bond motifs is 1. The number of nitrogens with zero attached hydrogens (tertiary/aromatic N) is 2. The first kappa shape index (κ1) is 13.2. The summed E-state index contributed by atoms with van der Waals surface area (Å²) < 4.78 is 0. The van der Waals surface area contributed by atoms with E-state index in [2.05, 4.69) is 34.5 Å². The molecule has 4 heteroatoms. The van der Waals surface area contributed by atoms with Gasteiger partial charge in [-0.05, 0) is 29.3 Å². The van der Waals surface area contributed by atoms with E-state index in [1.165, 1.54) is 11.1 Å². The van der Waals surface area contributed by atoms with Gasteiger partial charge in [0, 0.05) is 24.5 Å². The zero-order valence-electron chi connectivity index (χ0n) is 11.5. The zero-order chi connectivity index (χ0) is 14.7. The molecule has 4 nitrogen and oxygen atoms in total. The predicted octanol–water partition coefficient (Wildman–Crippen LogP) is 3.06. The lowest BCUT2D eigenvalue weighted by molar-refractivity contribution is -0.115. The Morgan fingerprint density at radius 3 is 2.52 bits per heavy atom. The molecule has 0 spiro atoms. The van der Waals surface area contributed by atoms with Gasteiger partial charge in [0.2, 0.25) is 5.91 Å². The average molecular weight is 277 g/mol. The number of carbonyl (C=O) groups is 1. The third kappa shape index (κ3) is 2.87. The zero-order valence-corrected chi connectivity index (χ0v) is 11.5. The van der Waals surface area contributed by atoms with Crippen LogP contribution < -0.4 is 10.2 Å². The second kappa shape index (κ2) is 5.68. The van der Waals surface area contributed by atoms with Crippen molar-refractivity contribution in [3.63, 3.8) is 0 Å². The number of benzene rings is 2. The highest BCUT2D eigenvalue weighted by atomic mass is 16.1. The van der Waals surface area contributed by atoms with Crippen LogP contribution in [0.2, 0.25) is 0 Å². The summed E-state index contributed by atoms with van der Waals surface area (Å²) in [5.74, 6) is -0.278. The van der Waals surface area contributed by atoms with Gasteiger partial charge in [0.15, 0.2) is 0 Å². The Morgan fingerprint density at radius 1 is 1.14 bits per heavy atom. The molecular weight excluding hydrogens is 262 g/mol. The van der Waals surface area contributed by atoms with Crippen molar-refractivity contribution in [2.75, 3.05) is 10.2 Å². The summed E-state index contributed by atoms with van der Waals surface area (Å²) >= 11 is 0. The normalized spacial score (nSPS) is 12.6. The Hall–Kier alpha value is -2.80. The van der Waals surface area contributed by atoms with Crippen LogP contribution in [0.5, 0.6) is 0 Å². The van der Waals surface area contributed by atoms with Crippen molar-refractivity contribution in [1.29, 1.82) is 5.26 Å². The number of carbonyl (C=O) groups excluding carboxylic acids is 1. The fourth-order valence-electron chi connectivity index (χ4n) is 2.57. The van der Waals surface area contributed by atoms with E-state index in [0.717, 1.165) is 24.5 Å². The standard InChI is InChI=1S/C17H15N3O/c18-9-8-17(21)19-15-6-3-7-16(10-15)20-11-13-4-1-2-5-14(13)12-20/h1-7,10H,8,11-12H2,(H,19,21). The molecule has 0 saturated heterocycles. The van der Waals surface area contributed by atoms with Gasteiger partial charge in [-0.15, -0.1) is 0 Å². The van der Waals surface area contributed by atoms with Crippen molar-refractivity contribution in [3.05, 3.63) is 59.7 Å². The van der Waals surface area contributed by atoms with Crippen LogP contribution in [-0.4, -0.2) is 5.91 Å². The van der Waals surface area contributed by atoms with E-state index in [4.69, 9.17) is 5.26 Å². The van der Waals surface area contributed by atoms with Gasteiger partial charge in [0.05, 0.1) is 6.07 Å². The molecule has 2 aromatic rings. The number of nitriles is 1. The molecule has 1 N–H and O–H groups in total. The Balaban J connectivity index is 1.76. The maximum Gasteiger partial charge on any atom is 0.238 e. The van der Waals surface area contributed by atoms with E-state index in [9.17, 15) is 4.79 Å². The lowest BCUT2D eigenvalue weighted by Gasteiger charge is -2.18. The number of anilines is 2. The summed E-state index contributed by atoms with van der Waals surface area (Å²) in [5.41, 5.74) is 4.48. The quantitative estimate of drug-likeness (QED) is 0.938. The molecule has 1 aliphatic heterocycles. The molecule has 2 aromatic carbocycles. The molecule has 0 fully saturated rings. The van der Waals surface area contributed by atoms with E-state index in [1.54, 1.807) is 0 Å².